The molecule has 2 saturated carbocycles. The summed E-state index contributed by atoms with van der Waals surface area (Å²) in [4.78, 5) is 28.5. The Labute approximate surface area is 208 Å². The predicted octanol–water partition coefficient (Wildman–Crippen LogP) is 3.87. The highest BCUT2D eigenvalue weighted by Gasteiger charge is 2.50. The van der Waals surface area contributed by atoms with Crippen molar-refractivity contribution in [2.45, 2.75) is 83.5 Å². The van der Waals surface area contributed by atoms with Crippen molar-refractivity contribution in [2.24, 2.45) is 23.2 Å². The third kappa shape index (κ3) is 4.87. The summed E-state index contributed by atoms with van der Waals surface area (Å²) in [6.45, 7) is 6.93. The lowest BCUT2D eigenvalue weighted by molar-refractivity contribution is -0.158. The minimum atomic E-state index is -1.05. The number of likely N-dealkylation sites (tertiary alicyclic amines) is 1. The third-order valence-corrected chi connectivity index (χ3v) is 8.96. The summed E-state index contributed by atoms with van der Waals surface area (Å²) in [6.07, 6.45) is 4.78. The lowest BCUT2D eigenvalue weighted by Gasteiger charge is -2.51. The van der Waals surface area contributed by atoms with Crippen LogP contribution < -0.4 is 5.32 Å². The second-order valence-corrected chi connectivity index (χ2v) is 11.9. The summed E-state index contributed by atoms with van der Waals surface area (Å²) in [7, 11) is 0. The van der Waals surface area contributed by atoms with E-state index >= 15 is 0 Å². The fourth-order valence-corrected chi connectivity index (χ4v) is 6.47. The number of nitrogens with one attached hydrogen (secondary N) is 1. The van der Waals surface area contributed by atoms with Gasteiger partial charge in [-0.1, -0.05) is 57.3 Å². The molecule has 3 N–H and O–H groups in total. The maximum atomic E-state index is 13.7. The van der Waals surface area contributed by atoms with E-state index in [2.05, 4.69) is 5.32 Å². The van der Waals surface area contributed by atoms with Crippen molar-refractivity contribution in [1.29, 1.82) is 0 Å². The molecule has 1 aromatic carbocycles. The Bertz CT molecular complexity index is 894. The normalized spacial score (nSPS) is 35.7. The van der Waals surface area contributed by atoms with Gasteiger partial charge in [0.05, 0.1) is 17.6 Å². The second kappa shape index (κ2) is 9.79. The van der Waals surface area contributed by atoms with Gasteiger partial charge in [-0.15, -0.1) is 0 Å². The molecule has 1 unspecified atom stereocenters. The number of piperidine rings is 1. The first-order valence-electron chi connectivity index (χ1n) is 12.8. The summed E-state index contributed by atoms with van der Waals surface area (Å²) < 4.78 is 0. The molecule has 34 heavy (non-hydrogen) atoms. The van der Waals surface area contributed by atoms with Crippen LogP contribution >= 0.6 is 11.6 Å². The highest BCUT2D eigenvalue weighted by Crippen LogP contribution is 2.46. The van der Waals surface area contributed by atoms with Crippen LogP contribution in [0.2, 0.25) is 5.02 Å². The van der Waals surface area contributed by atoms with Gasteiger partial charge in [-0.2, -0.15) is 0 Å². The Hall–Kier alpha value is -1.63. The SMILES string of the molecule is C[C@H]1CC(C(=O)N[C@@H]2CCCC[C@@H]2C(=O)N2CC[C@](O)(c3ccc(Cl)cc3)C(C)(C)C2)C[C@H]1O. The van der Waals surface area contributed by atoms with Gasteiger partial charge in [0.15, 0.2) is 0 Å². The number of aliphatic hydroxyl groups is 2. The fourth-order valence-electron chi connectivity index (χ4n) is 6.35. The van der Waals surface area contributed by atoms with Gasteiger partial charge in [0.1, 0.15) is 0 Å². The van der Waals surface area contributed by atoms with Crippen molar-refractivity contribution in [3.63, 3.8) is 0 Å². The molecule has 188 valence electrons. The molecular formula is C27H39ClN2O4. The van der Waals surface area contributed by atoms with Crippen LogP contribution in [0.1, 0.15) is 71.3 Å². The molecule has 2 amide bonds. The van der Waals surface area contributed by atoms with E-state index in [0.717, 1.165) is 31.2 Å². The first-order valence-corrected chi connectivity index (χ1v) is 13.2. The Morgan fingerprint density at radius 2 is 1.79 bits per heavy atom. The van der Waals surface area contributed by atoms with Crippen LogP contribution in [0, 0.1) is 23.2 Å². The summed E-state index contributed by atoms with van der Waals surface area (Å²) in [5.74, 6) is -0.222. The van der Waals surface area contributed by atoms with E-state index in [1.54, 1.807) is 12.1 Å². The maximum absolute atomic E-state index is 13.7. The standard InChI is InChI=1S/C27H39ClN2O4/c1-17-14-18(15-23(17)31)24(32)29-22-7-5-4-6-21(22)25(33)30-13-12-27(34,26(2,3)16-30)19-8-10-20(28)11-9-19/h8-11,17-18,21-23,31,34H,4-7,12-16H2,1-3H3,(H,29,32)/t17-,18?,21-,22+,23+,27-/m0/s1. The molecule has 1 aromatic rings. The monoisotopic (exact) mass is 490 g/mol. The van der Waals surface area contributed by atoms with Crippen LogP contribution in [0.25, 0.3) is 0 Å². The van der Waals surface area contributed by atoms with Crippen LogP contribution in [0.3, 0.4) is 0 Å². The topological polar surface area (TPSA) is 89.9 Å². The van der Waals surface area contributed by atoms with Gasteiger partial charge < -0.3 is 20.4 Å². The zero-order valence-electron chi connectivity index (χ0n) is 20.6. The van der Waals surface area contributed by atoms with Crippen molar-refractivity contribution in [3.8, 4) is 0 Å². The average Bonchev–Trinajstić information content (AvgIpc) is 3.14. The van der Waals surface area contributed by atoms with Crippen molar-refractivity contribution in [2.75, 3.05) is 13.1 Å². The molecule has 4 rings (SSSR count). The largest absolute Gasteiger partial charge is 0.393 e. The lowest BCUT2D eigenvalue weighted by atomic mass is 9.66. The van der Waals surface area contributed by atoms with Gasteiger partial charge in [0.2, 0.25) is 11.8 Å². The fraction of sp³-hybridized carbons (Fsp3) is 0.704. The molecule has 7 heteroatoms. The smallest absolute Gasteiger partial charge is 0.227 e. The Morgan fingerprint density at radius 3 is 2.41 bits per heavy atom. The number of nitrogens with zero attached hydrogens (tertiary/aromatic N) is 1. The van der Waals surface area contributed by atoms with Crippen molar-refractivity contribution >= 4 is 23.4 Å². The summed E-state index contributed by atoms with van der Waals surface area (Å²) in [5.41, 5.74) is -0.767. The van der Waals surface area contributed by atoms with Crippen LogP contribution in [-0.2, 0) is 15.2 Å². The number of rotatable bonds is 4. The Morgan fingerprint density at radius 1 is 1.12 bits per heavy atom. The minimum absolute atomic E-state index is 0.0239. The number of halogens is 1. The molecule has 0 bridgehead atoms. The van der Waals surface area contributed by atoms with Crippen molar-refractivity contribution in [3.05, 3.63) is 34.9 Å². The molecule has 3 fully saturated rings. The van der Waals surface area contributed by atoms with E-state index in [1.807, 2.05) is 37.8 Å². The molecule has 2 aliphatic carbocycles. The second-order valence-electron chi connectivity index (χ2n) is 11.5. The molecule has 1 saturated heterocycles. The molecule has 1 heterocycles. The molecular weight excluding hydrogens is 452 g/mol. The van der Waals surface area contributed by atoms with E-state index < -0.39 is 17.1 Å². The quantitative estimate of drug-likeness (QED) is 0.597. The number of aliphatic hydroxyl groups excluding tert-OH is 1. The lowest BCUT2D eigenvalue weighted by Crippen LogP contribution is -2.59. The first kappa shape index (κ1) is 25.5. The van der Waals surface area contributed by atoms with Crippen LogP contribution in [0.15, 0.2) is 24.3 Å². The molecule has 6 atom stereocenters. The first-order chi connectivity index (χ1) is 16.0. The summed E-state index contributed by atoms with van der Waals surface area (Å²) in [6, 6.07) is 7.16. The number of amides is 2. The van der Waals surface area contributed by atoms with Gasteiger partial charge in [-0.3, -0.25) is 9.59 Å². The van der Waals surface area contributed by atoms with Crippen molar-refractivity contribution < 1.29 is 19.8 Å². The van der Waals surface area contributed by atoms with E-state index in [1.165, 1.54) is 0 Å². The molecule has 6 nitrogen and oxygen atoms in total. The zero-order valence-corrected chi connectivity index (χ0v) is 21.4. The van der Waals surface area contributed by atoms with Gasteiger partial charge in [-0.25, -0.2) is 0 Å². The zero-order chi connectivity index (χ0) is 24.7. The number of benzene rings is 1. The van der Waals surface area contributed by atoms with Crippen LogP contribution in [0.4, 0.5) is 0 Å². The summed E-state index contributed by atoms with van der Waals surface area (Å²) in [5, 5.41) is 25.5. The van der Waals surface area contributed by atoms with E-state index in [4.69, 9.17) is 11.6 Å². The third-order valence-electron chi connectivity index (χ3n) is 8.70. The van der Waals surface area contributed by atoms with Crippen LogP contribution in [0.5, 0.6) is 0 Å². The van der Waals surface area contributed by atoms with Crippen molar-refractivity contribution in [1.82, 2.24) is 10.2 Å². The van der Waals surface area contributed by atoms with Gasteiger partial charge >= 0.3 is 0 Å². The molecule has 1 aliphatic heterocycles. The minimum Gasteiger partial charge on any atom is -0.393 e. The highest BCUT2D eigenvalue weighted by molar-refractivity contribution is 6.30. The highest BCUT2D eigenvalue weighted by atomic mass is 35.5. The van der Waals surface area contributed by atoms with Gasteiger partial charge in [0.25, 0.3) is 0 Å². The van der Waals surface area contributed by atoms with E-state index in [0.29, 0.717) is 37.4 Å². The maximum Gasteiger partial charge on any atom is 0.227 e. The molecule has 0 spiro atoms. The Kier molecular flexibility index (Phi) is 7.33. The molecule has 0 aromatic heterocycles. The number of hydrogen-bond acceptors (Lipinski definition) is 4. The number of hydrogen-bond donors (Lipinski definition) is 3. The summed E-state index contributed by atoms with van der Waals surface area (Å²) >= 11 is 6.05. The number of carbonyl (C=O) groups is 2. The molecule has 3 aliphatic rings. The molecule has 0 radical (unpaired) electrons. The number of carbonyl (C=O) groups excluding carboxylic acids is 2. The van der Waals surface area contributed by atoms with E-state index in [9.17, 15) is 19.8 Å². The van der Waals surface area contributed by atoms with E-state index in [-0.39, 0.29) is 35.6 Å². The average molecular weight is 491 g/mol. The van der Waals surface area contributed by atoms with Gasteiger partial charge in [-0.05, 0) is 55.7 Å². The van der Waals surface area contributed by atoms with Crippen LogP contribution in [-0.4, -0.2) is 52.2 Å². The Balaban J connectivity index is 1.44. The predicted molar refractivity (Wildman–Crippen MR) is 132 cm³/mol. The van der Waals surface area contributed by atoms with Gasteiger partial charge in [0, 0.05) is 35.5 Å².